The van der Waals surface area contributed by atoms with Crippen molar-refractivity contribution < 1.29 is 14.3 Å². The Morgan fingerprint density at radius 1 is 1.37 bits per heavy atom. The van der Waals surface area contributed by atoms with Gasteiger partial charge in [0.25, 0.3) is 0 Å². The first-order chi connectivity index (χ1) is 9.04. The van der Waals surface area contributed by atoms with E-state index >= 15 is 0 Å². The smallest absolute Gasteiger partial charge is 0.339 e. The zero-order valence-electron chi connectivity index (χ0n) is 11.3. The average molecular weight is 276 g/mol. The Labute approximate surface area is 117 Å². The summed E-state index contributed by atoms with van der Waals surface area (Å²) in [7, 11) is 1.35. The van der Waals surface area contributed by atoms with E-state index in [1.165, 1.54) is 25.8 Å². The molecule has 0 aliphatic heterocycles. The van der Waals surface area contributed by atoms with Crippen LogP contribution in [0.5, 0.6) is 0 Å². The molecule has 0 atom stereocenters. The molecule has 0 amide bonds. The van der Waals surface area contributed by atoms with E-state index in [9.17, 15) is 9.59 Å². The van der Waals surface area contributed by atoms with Crippen LogP contribution in [-0.4, -0.2) is 23.9 Å². The highest BCUT2D eigenvalue weighted by molar-refractivity contribution is 8.13. The largest absolute Gasteiger partial charge is 0.465 e. The molecule has 0 saturated heterocycles. The van der Waals surface area contributed by atoms with Crippen LogP contribution in [0.25, 0.3) is 0 Å². The number of benzene rings is 1. The van der Waals surface area contributed by atoms with Crippen molar-refractivity contribution in [3.05, 3.63) is 34.9 Å². The minimum Gasteiger partial charge on any atom is -0.465 e. The number of thioether (sulfide) groups is 1. The quantitative estimate of drug-likeness (QED) is 0.484. The molecule has 0 aliphatic carbocycles. The maximum Gasteiger partial charge on any atom is 0.339 e. The summed E-state index contributed by atoms with van der Waals surface area (Å²) in [6.07, 6.45) is 0.610. The van der Waals surface area contributed by atoms with Gasteiger partial charge < -0.3 is 4.74 Å². The lowest BCUT2D eigenvalue weighted by atomic mass is 10.0. The highest BCUT2D eigenvalue weighted by atomic mass is 32.2. The summed E-state index contributed by atoms with van der Waals surface area (Å²) in [5.74, 6) is 6.22. The van der Waals surface area contributed by atoms with Crippen molar-refractivity contribution in [1.29, 1.82) is 0 Å². The lowest BCUT2D eigenvalue weighted by Crippen LogP contribution is -2.04. The van der Waals surface area contributed by atoms with Crippen LogP contribution in [0, 0.1) is 18.8 Å². The Hall–Kier alpha value is -1.73. The molecule has 100 valence electrons. The molecule has 0 aliphatic rings. The van der Waals surface area contributed by atoms with Gasteiger partial charge in [-0.25, -0.2) is 4.79 Å². The molecule has 0 heterocycles. The van der Waals surface area contributed by atoms with E-state index in [1.807, 2.05) is 19.1 Å². The molecule has 19 heavy (non-hydrogen) atoms. The third-order valence-electron chi connectivity index (χ3n) is 2.34. The van der Waals surface area contributed by atoms with E-state index in [0.29, 0.717) is 23.3 Å². The predicted octanol–water partition coefficient (Wildman–Crippen LogP) is 2.80. The normalized spacial score (nSPS) is 9.42. The molecule has 0 saturated carbocycles. The molecule has 1 aromatic carbocycles. The van der Waals surface area contributed by atoms with Crippen LogP contribution < -0.4 is 0 Å². The van der Waals surface area contributed by atoms with Crippen molar-refractivity contribution in [2.24, 2.45) is 0 Å². The monoisotopic (exact) mass is 276 g/mol. The fourth-order valence-corrected chi connectivity index (χ4v) is 1.94. The zero-order valence-corrected chi connectivity index (χ0v) is 12.1. The van der Waals surface area contributed by atoms with Crippen molar-refractivity contribution >= 4 is 22.8 Å². The van der Waals surface area contributed by atoms with Crippen LogP contribution in [0.4, 0.5) is 0 Å². The molecule has 0 bridgehead atoms. The summed E-state index contributed by atoms with van der Waals surface area (Å²) in [5, 5.41) is 0.0904. The Morgan fingerprint density at radius 3 is 2.74 bits per heavy atom. The van der Waals surface area contributed by atoms with Crippen LogP contribution in [0.1, 0.15) is 34.8 Å². The van der Waals surface area contributed by atoms with Gasteiger partial charge in [-0.05, 0) is 24.6 Å². The molecule has 1 rings (SSSR count). The van der Waals surface area contributed by atoms with Gasteiger partial charge in [0.15, 0.2) is 5.12 Å². The van der Waals surface area contributed by atoms with Gasteiger partial charge in [-0.3, -0.25) is 4.79 Å². The van der Waals surface area contributed by atoms with Gasteiger partial charge in [-0.2, -0.15) is 0 Å². The van der Waals surface area contributed by atoms with Gasteiger partial charge in [-0.1, -0.05) is 29.7 Å². The SMILES string of the molecule is COC(=O)c1ccc(C)cc1C#CCCSC(C)=O. The molecule has 0 radical (unpaired) electrons. The first kappa shape index (κ1) is 15.3. The Balaban J connectivity index is 2.81. The van der Waals surface area contributed by atoms with Crippen molar-refractivity contribution in [3.8, 4) is 11.8 Å². The summed E-state index contributed by atoms with van der Waals surface area (Å²) < 4.78 is 4.72. The summed E-state index contributed by atoms with van der Waals surface area (Å²) in [6.45, 7) is 3.48. The Morgan fingerprint density at radius 2 is 2.11 bits per heavy atom. The maximum absolute atomic E-state index is 11.6. The number of ether oxygens (including phenoxy) is 1. The first-order valence-electron chi connectivity index (χ1n) is 5.86. The number of carbonyl (C=O) groups excluding carboxylic acids is 2. The molecular weight excluding hydrogens is 260 g/mol. The second-order valence-electron chi connectivity index (χ2n) is 3.93. The molecule has 3 nitrogen and oxygen atoms in total. The van der Waals surface area contributed by atoms with Crippen molar-refractivity contribution in [2.75, 3.05) is 12.9 Å². The van der Waals surface area contributed by atoms with E-state index in [0.717, 1.165) is 5.56 Å². The Bertz CT molecular complexity index is 538. The third-order valence-corrected chi connectivity index (χ3v) is 3.15. The van der Waals surface area contributed by atoms with Gasteiger partial charge in [0.05, 0.1) is 12.7 Å². The van der Waals surface area contributed by atoms with Crippen LogP contribution in [0.2, 0.25) is 0 Å². The van der Waals surface area contributed by atoms with Crippen LogP contribution in [0.15, 0.2) is 18.2 Å². The van der Waals surface area contributed by atoms with E-state index in [1.54, 1.807) is 6.07 Å². The standard InChI is InChI=1S/C15H16O3S/c1-11-7-8-14(15(17)18-3)13(10-11)6-4-5-9-19-12(2)16/h7-8,10H,5,9H2,1-3H3. The summed E-state index contributed by atoms with van der Waals surface area (Å²) in [4.78, 5) is 22.3. The van der Waals surface area contributed by atoms with Gasteiger partial charge in [0.1, 0.15) is 0 Å². The number of esters is 1. The second-order valence-corrected chi connectivity index (χ2v) is 5.20. The molecule has 1 aromatic rings. The molecule has 4 heteroatoms. The van der Waals surface area contributed by atoms with Gasteiger partial charge in [-0.15, -0.1) is 0 Å². The highest BCUT2D eigenvalue weighted by Gasteiger charge is 2.09. The molecule has 0 spiro atoms. The lowest BCUT2D eigenvalue weighted by Gasteiger charge is -2.03. The number of carbonyl (C=O) groups is 2. The van der Waals surface area contributed by atoms with Crippen molar-refractivity contribution in [3.63, 3.8) is 0 Å². The molecule has 0 aromatic heterocycles. The zero-order chi connectivity index (χ0) is 14.3. The number of rotatable bonds is 3. The van der Waals surface area contributed by atoms with E-state index < -0.39 is 0 Å². The second kappa shape index (κ2) is 7.65. The highest BCUT2D eigenvalue weighted by Crippen LogP contribution is 2.12. The number of hydrogen-bond donors (Lipinski definition) is 0. The minimum atomic E-state index is -0.387. The fraction of sp³-hybridized carbons (Fsp3) is 0.333. The molecule has 0 N–H and O–H groups in total. The fourth-order valence-electron chi connectivity index (χ4n) is 1.45. The van der Waals surface area contributed by atoms with Gasteiger partial charge in [0.2, 0.25) is 0 Å². The van der Waals surface area contributed by atoms with E-state index in [2.05, 4.69) is 11.8 Å². The van der Waals surface area contributed by atoms with E-state index in [4.69, 9.17) is 4.74 Å². The van der Waals surface area contributed by atoms with E-state index in [-0.39, 0.29) is 11.1 Å². The van der Waals surface area contributed by atoms with Crippen molar-refractivity contribution in [2.45, 2.75) is 20.3 Å². The maximum atomic E-state index is 11.6. The lowest BCUT2D eigenvalue weighted by molar-refractivity contribution is -0.109. The molecular formula is C15H16O3S. The Kier molecular flexibility index (Phi) is 6.17. The number of aryl methyl sites for hydroxylation is 1. The molecule has 0 unspecified atom stereocenters. The first-order valence-corrected chi connectivity index (χ1v) is 6.84. The van der Waals surface area contributed by atoms with Gasteiger partial charge in [0, 0.05) is 24.7 Å². The van der Waals surface area contributed by atoms with Crippen LogP contribution in [-0.2, 0) is 9.53 Å². The van der Waals surface area contributed by atoms with Crippen LogP contribution >= 0.6 is 11.8 Å². The van der Waals surface area contributed by atoms with Crippen molar-refractivity contribution in [1.82, 2.24) is 0 Å². The predicted molar refractivity (Wildman–Crippen MR) is 77.2 cm³/mol. The topological polar surface area (TPSA) is 43.4 Å². The molecule has 0 fully saturated rings. The number of hydrogen-bond acceptors (Lipinski definition) is 4. The van der Waals surface area contributed by atoms with Crippen LogP contribution in [0.3, 0.4) is 0 Å². The average Bonchev–Trinajstić information content (AvgIpc) is 2.37. The number of methoxy groups -OCH3 is 1. The summed E-state index contributed by atoms with van der Waals surface area (Å²) in [6, 6.07) is 5.43. The summed E-state index contributed by atoms with van der Waals surface area (Å²) >= 11 is 1.25. The minimum absolute atomic E-state index is 0.0904. The summed E-state index contributed by atoms with van der Waals surface area (Å²) in [5.41, 5.74) is 2.18. The third kappa shape index (κ3) is 5.19. The van der Waals surface area contributed by atoms with Gasteiger partial charge >= 0.3 is 5.97 Å².